The third-order valence-electron chi connectivity index (χ3n) is 3.65. The number of hydrogen-bond donors (Lipinski definition) is 2. The summed E-state index contributed by atoms with van der Waals surface area (Å²) in [5, 5.41) is 8.82. The highest BCUT2D eigenvalue weighted by atomic mass is 32.2. The average molecular weight is 332 g/mol. The van der Waals surface area contributed by atoms with Crippen LogP contribution in [0.4, 0.5) is 0 Å². The van der Waals surface area contributed by atoms with Crippen molar-refractivity contribution < 1.29 is 18.3 Å². The Morgan fingerprint density at radius 2 is 2.10 bits per heavy atom. The highest BCUT2D eigenvalue weighted by molar-refractivity contribution is 7.91. The van der Waals surface area contributed by atoms with E-state index in [2.05, 4.69) is 16.5 Å². The van der Waals surface area contributed by atoms with Crippen molar-refractivity contribution in [3.8, 4) is 0 Å². The van der Waals surface area contributed by atoms with E-state index in [1.807, 2.05) is 0 Å². The minimum Gasteiger partial charge on any atom is -0.477 e. The molecular weight excluding hydrogens is 312 g/mol. The number of sulfonamides is 1. The Kier molecular flexibility index (Phi) is 5.37. The standard InChI is InChI=1S/C13H20N2O4S2/c1-10-4-7-15(8-5-10)9-6-14-21(18,19)12-3-2-11(20-12)13(16)17/h2-3,10,14H,4-9H2,1H3,(H,16,17). The van der Waals surface area contributed by atoms with Crippen molar-refractivity contribution in [3.05, 3.63) is 17.0 Å². The largest absolute Gasteiger partial charge is 0.477 e. The molecule has 0 radical (unpaired) electrons. The van der Waals surface area contributed by atoms with Crippen molar-refractivity contribution >= 4 is 27.3 Å². The van der Waals surface area contributed by atoms with Gasteiger partial charge in [0.1, 0.15) is 9.09 Å². The molecule has 0 aromatic carbocycles. The quantitative estimate of drug-likeness (QED) is 0.823. The molecule has 8 heteroatoms. The van der Waals surface area contributed by atoms with Crippen LogP contribution < -0.4 is 4.72 Å². The van der Waals surface area contributed by atoms with Crippen LogP contribution in [0.3, 0.4) is 0 Å². The molecule has 0 unspecified atom stereocenters. The first-order chi connectivity index (χ1) is 9.88. The third-order valence-corrected chi connectivity index (χ3v) is 6.68. The lowest BCUT2D eigenvalue weighted by Gasteiger charge is -2.30. The third kappa shape index (κ3) is 4.50. The maximum Gasteiger partial charge on any atom is 0.345 e. The summed E-state index contributed by atoms with van der Waals surface area (Å²) in [6.45, 7) is 5.27. The van der Waals surface area contributed by atoms with Crippen molar-refractivity contribution in [1.29, 1.82) is 0 Å². The number of carboxylic acids is 1. The second-order valence-electron chi connectivity index (χ2n) is 5.35. The van der Waals surface area contributed by atoms with E-state index in [9.17, 15) is 13.2 Å². The monoisotopic (exact) mass is 332 g/mol. The normalized spacial score (nSPS) is 18.0. The maximum atomic E-state index is 12.0. The smallest absolute Gasteiger partial charge is 0.345 e. The summed E-state index contributed by atoms with van der Waals surface area (Å²) in [6.07, 6.45) is 2.30. The van der Waals surface area contributed by atoms with Gasteiger partial charge in [0.15, 0.2) is 0 Å². The molecule has 0 atom stereocenters. The molecule has 0 saturated carbocycles. The van der Waals surface area contributed by atoms with Crippen molar-refractivity contribution in [2.24, 2.45) is 5.92 Å². The first kappa shape index (κ1) is 16.4. The van der Waals surface area contributed by atoms with E-state index in [1.54, 1.807) is 0 Å². The molecule has 0 spiro atoms. The van der Waals surface area contributed by atoms with Crippen LogP contribution in [0.2, 0.25) is 0 Å². The fourth-order valence-electron chi connectivity index (χ4n) is 2.27. The van der Waals surface area contributed by atoms with Gasteiger partial charge in [-0.25, -0.2) is 17.9 Å². The van der Waals surface area contributed by atoms with E-state index in [4.69, 9.17) is 5.11 Å². The molecule has 21 heavy (non-hydrogen) atoms. The topological polar surface area (TPSA) is 86.7 Å². The summed E-state index contributed by atoms with van der Waals surface area (Å²) in [7, 11) is -3.61. The van der Waals surface area contributed by atoms with Crippen molar-refractivity contribution in [1.82, 2.24) is 9.62 Å². The van der Waals surface area contributed by atoms with Crippen LogP contribution in [0.15, 0.2) is 16.3 Å². The van der Waals surface area contributed by atoms with Crippen LogP contribution in [0.5, 0.6) is 0 Å². The summed E-state index contributed by atoms with van der Waals surface area (Å²) in [5.41, 5.74) is 0. The van der Waals surface area contributed by atoms with Crippen LogP contribution in [0, 0.1) is 5.92 Å². The van der Waals surface area contributed by atoms with E-state index < -0.39 is 16.0 Å². The fraction of sp³-hybridized carbons (Fsp3) is 0.615. The van der Waals surface area contributed by atoms with Crippen LogP contribution in [-0.2, 0) is 10.0 Å². The maximum absolute atomic E-state index is 12.0. The Morgan fingerprint density at radius 3 is 2.67 bits per heavy atom. The molecule has 0 bridgehead atoms. The van der Waals surface area contributed by atoms with Gasteiger partial charge in [0.25, 0.3) is 0 Å². The number of piperidine rings is 1. The molecule has 1 fully saturated rings. The van der Waals surface area contributed by atoms with E-state index >= 15 is 0 Å². The summed E-state index contributed by atoms with van der Waals surface area (Å²) in [4.78, 5) is 13.1. The first-order valence-corrected chi connectivity index (χ1v) is 9.23. The highest BCUT2D eigenvalue weighted by Crippen LogP contribution is 2.21. The number of nitrogens with one attached hydrogen (secondary N) is 1. The lowest BCUT2D eigenvalue weighted by Crippen LogP contribution is -2.39. The summed E-state index contributed by atoms with van der Waals surface area (Å²) in [6, 6.07) is 2.65. The van der Waals surface area contributed by atoms with Gasteiger partial charge in [0, 0.05) is 13.1 Å². The number of carbonyl (C=O) groups is 1. The van der Waals surface area contributed by atoms with E-state index in [-0.39, 0.29) is 9.09 Å². The van der Waals surface area contributed by atoms with Gasteiger partial charge in [-0.05, 0) is 44.0 Å². The van der Waals surface area contributed by atoms with Gasteiger partial charge in [-0.1, -0.05) is 6.92 Å². The molecule has 1 aliphatic heterocycles. The van der Waals surface area contributed by atoms with Gasteiger partial charge >= 0.3 is 5.97 Å². The lowest BCUT2D eigenvalue weighted by molar-refractivity contribution is 0.0702. The van der Waals surface area contributed by atoms with E-state index in [0.717, 1.165) is 43.2 Å². The van der Waals surface area contributed by atoms with Gasteiger partial charge in [-0.3, -0.25) is 0 Å². The number of aromatic carboxylic acids is 1. The SMILES string of the molecule is CC1CCN(CCNS(=O)(=O)c2ccc(C(=O)O)s2)CC1. The Hall–Kier alpha value is -0.960. The molecule has 118 valence electrons. The van der Waals surface area contributed by atoms with Gasteiger partial charge in [0.2, 0.25) is 10.0 Å². The second kappa shape index (κ2) is 6.87. The lowest BCUT2D eigenvalue weighted by atomic mass is 9.99. The number of thiophene rings is 1. The molecule has 2 N–H and O–H groups in total. The van der Waals surface area contributed by atoms with Gasteiger partial charge in [0.05, 0.1) is 0 Å². The van der Waals surface area contributed by atoms with Crippen molar-refractivity contribution in [2.75, 3.05) is 26.2 Å². The van der Waals surface area contributed by atoms with Crippen LogP contribution in [0.25, 0.3) is 0 Å². The number of likely N-dealkylation sites (tertiary alicyclic amines) is 1. The average Bonchev–Trinajstić information content (AvgIpc) is 2.91. The molecule has 6 nitrogen and oxygen atoms in total. The summed E-state index contributed by atoms with van der Waals surface area (Å²) >= 11 is 0.771. The minimum absolute atomic E-state index is 0.0281. The van der Waals surface area contributed by atoms with Gasteiger partial charge in [-0.2, -0.15) is 0 Å². The number of nitrogens with zero attached hydrogens (tertiary/aromatic N) is 1. The van der Waals surface area contributed by atoms with Crippen LogP contribution in [0.1, 0.15) is 29.4 Å². The second-order valence-corrected chi connectivity index (χ2v) is 8.42. The molecule has 2 rings (SSSR count). The van der Waals surface area contributed by atoms with Gasteiger partial charge in [-0.15, -0.1) is 11.3 Å². The van der Waals surface area contributed by atoms with Crippen LogP contribution >= 0.6 is 11.3 Å². The molecule has 1 aromatic heterocycles. The molecule has 1 aliphatic rings. The summed E-state index contributed by atoms with van der Waals surface area (Å²) < 4.78 is 26.7. The number of rotatable bonds is 6. The Morgan fingerprint density at radius 1 is 1.43 bits per heavy atom. The van der Waals surface area contributed by atoms with Crippen molar-refractivity contribution in [3.63, 3.8) is 0 Å². The highest BCUT2D eigenvalue weighted by Gasteiger charge is 2.20. The molecule has 2 heterocycles. The van der Waals surface area contributed by atoms with Gasteiger partial charge < -0.3 is 10.0 Å². The molecule has 0 amide bonds. The Labute approximate surface area is 128 Å². The number of carboxylic acid groups (broad SMARTS) is 1. The predicted molar refractivity (Wildman–Crippen MR) is 81.3 cm³/mol. The first-order valence-electron chi connectivity index (χ1n) is 6.93. The summed E-state index contributed by atoms with van der Waals surface area (Å²) in [5.74, 6) is -0.359. The zero-order valence-corrected chi connectivity index (χ0v) is 13.5. The molecule has 1 saturated heterocycles. The zero-order chi connectivity index (χ0) is 15.5. The zero-order valence-electron chi connectivity index (χ0n) is 11.9. The molecule has 1 aromatic rings. The van der Waals surface area contributed by atoms with E-state index in [1.165, 1.54) is 12.1 Å². The van der Waals surface area contributed by atoms with E-state index in [0.29, 0.717) is 13.1 Å². The fourth-order valence-corrected chi connectivity index (χ4v) is 4.49. The molecule has 0 aliphatic carbocycles. The predicted octanol–water partition coefficient (Wildman–Crippen LogP) is 1.46. The Balaban J connectivity index is 1.85. The van der Waals surface area contributed by atoms with Crippen molar-refractivity contribution in [2.45, 2.75) is 24.0 Å². The number of hydrogen-bond acceptors (Lipinski definition) is 5. The Bertz CT molecular complexity index is 589. The van der Waals surface area contributed by atoms with Crippen LogP contribution in [-0.4, -0.2) is 50.6 Å². The minimum atomic E-state index is -3.61. The molecular formula is C13H20N2O4S2.